The van der Waals surface area contributed by atoms with Crippen LogP contribution in [0.15, 0.2) is 18.3 Å². The van der Waals surface area contributed by atoms with Crippen LogP contribution in [0.25, 0.3) is 0 Å². The lowest BCUT2D eigenvalue weighted by Crippen LogP contribution is -2.45. The maximum Gasteiger partial charge on any atom is 0.171 e. The zero-order valence-corrected chi connectivity index (χ0v) is 10.5. The molecule has 5 nitrogen and oxygen atoms in total. The number of aromatic nitrogens is 1. The summed E-state index contributed by atoms with van der Waals surface area (Å²) in [6.45, 7) is 3.85. The van der Waals surface area contributed by atoms with Gasteiger partial charge in [0, 0.05) is 32.5 Å². The van der Waals surface area contributed by atoms with Crippen LogP contribution in [-0.2, 0) is 16.0 Å². The fourth-order valence-corrected chi connectivity index (χ4v) is 2.62. The standard InChI is InChI=1S/C13H19N3O2/c14-9-11-1-2-12(10-15-11)16-5-3-13(4-6-16)17-7-8-18-13/h1-2,10H,3-9,14H2. The Balaban J connectivity index is 1.64. The first-order valence-electron chi connectivity index (χ1n) is 6.49. The van der Waals surface area contributed by atoms with Crippen LogP contribution >= 0.6 is 0 Å². The number of hydrogen-bond donors (Lipinski definition) is 1. The minimum absolute atomic E-state index is 0.304. The Morgan fingerprint density at radius 3 is 2.50 bits per heavy atom. The van der Waals surface area contributed by atoms with Gasteiger partial charge in [0.2, 0.25) is 0 Å². The monoisotopic (exact) mass is 249 g/mol. The van der Waals surface area contributed by atoms with E-state index in [1.54, 1.807) is 0 Å². The molecule has 0 atom stereocenters. The number of hydrogen-bond acceptors (Lipinski definition) is 5. The van der Waals surface area contributed by atoms with Crippen LogP contribution in [0.1, 0.15) is 18.5 Å². The van der Waals surface area contributed by atoms with E-state index in [0.717, 1.165) is 50.5 Å². The third-order valence-electron chi connectivity index (χ3n) is 3.72. The molecule has 98 valence electrons. The fourth-order valence-electron chi connectivity index (χ4n) is 2.62. The average molecular weight is 249 g/mol. The highest BCUT2D eigenvalue weighted by Gasteiger charge is 2.39. The minimum atomic E-state index is -0.304. The van der Waals surface area contributed by atoms with Crippen LogP contribution < -0.4 is 10.6 Å². The number of nitrogens with two attached hydrogens (primary N) is 1. The molecule has 2 aliphatic heterocycles. The van der Waals surface area contributed by atoms with Crippen molar-refractivity contribution < 1.29 is 9.47 Å². The molecule has 1 aromatic heterocycles. The molecule has 3 heterocycles. The molecule has 2 fully saturated rings. The molecule has 0 aliphatic carbocycles. The predicted molar refractivity (Wildman–Crippen MR) is 68.2 cm³/mol. The van der Waals surface area contributed by atoms with Gasteiger partial charge in [-0.3, -0.25) is 4.98 Å². The number of anilines is 1. The third kappa shape index (κ3) is 2.21. The molecule has 18 heavy (non-hydrogen) atoms. The van der Waals surface area contributed by atoms with Crippen molar-refractivity contribution in [3.63, 3.8) is 0 Å². The molecule has 2 aliphatic rings. The molecule has 5 heteroatoms. The Kier molecular flexibility index (Phi) is 3.20. The van der Waals surface area contributed by atoms with Crippen molar-refractivity contribution in [1.82, 2.24) is 4.98 Å². The second-order valence-corrected chi connectivity index (χ2v) is 4.81. The summed E-state index contributed by atoms with van der Waals surface area (Å²) >= 11 is 0. The molecule has 0 radical (unpaired) electrons. The molecule has 2 saturated heterocycles. The second kappa shape index (κ2) is 4.84. The van der Waals surface area contributed by atoms with Gasteiger partial charge in [0.25, 0.3) is 0 Å². The van der Waals surface area contributed by atoms with Gasteiger partial charge < -0.3 is 20.1 Å². The van der Waals surface area contributed by atoms with Gasteiger partial charge in [-0.25, -0.2) is 0 Å². The van der Waals surface area contributed by atoms with Gasteiger partial charge in [0.05, 0.1) is 30.8 Å². The van der Waals surface area contributed by atoms with Crippen molar-refractivity contribution in [3.8, 4) is 0 Å². The summed E-state index contributed by atoms with van der Waals surface area (Å²) in [5.41, 5.74) is 7.63. The van der Waals surface area contributed by atoms with E-state index in [0.29, 0.717) is 6.54 Å². The van der Waals surface area contributed by atoms with Crippen LogP contribution in [0, 0.1) is 0 Å². The quantitative estimate of drug-likeness (QED) is 0.843. The topological polar surface area (TPSA) is 60.6 Å². The lowest BCUT2D eigenvalue weighted by molar-refractivity contribution is -0.169. The van der Waals surface area contributed by atoms with E-state index in [1.807, 2.05) is 12.3 Å². The van der Waals surface area contributed by atoms with E-state index in [4.69, 9.17) is 15.2 Å². The highest BCUT2D eigenvalue weighted by Crippen LogP contribution is 2.32. The number of pyridine rings is 1. The van der Waals surface area contributed by atoms with Crippen LogP contribution in [0.2, 0.25) is 0 Å². The SMILES string of the molecule is NCc1ccc(N2CCC3(CC2)OCCO3)cn1. The summed E-state index contributed by atoms with van der Waals surface area (Å²) in [5, 5.41) is 0. The maximum absolute atomic E-state index is 5.72. The second-order valence-electron chi connectivity index (χ2n) is 4.81. The molecule has 0 unspecified atom stereocenters. The van der Waals surface area contributed by atoms with Gasteiger partial charge in [-0.2, -0.15) is 0 Å². The first kappa shape index (κ1) is 11.9. The summed E-state index contributed by atoms with van der Waals surface area (Å²) in [6.07, 6.45) is 3.74. The summed E-state index contributed by atoms with van der Waals surface area (Å²) < 4.78 is 11.4. The predicted octanol–water partition coefficient (Wildman–Crippen LogP) is 0.884. The smallest absolute Gasteiger partial charge is 0.171 e. The van der Waals surface area contributed by atoms with Crippen LogP contribution in [0.3, 0.4) is 0 Å². The van der Waals surface area contributed by atoms with E-state index >= 15 is 0 Å². The summed E-state index contributed by atoms with van der Waals surface area (Å²) in [4.78, 5) is 6.66. The first-order chi connectivity index (χ1) is 8.81. The van der Waals surface area contributed by atoms with Crippen LogP contribution in [0.4, 0.5) is 5.69 Å². The Bertz CT molecular complexity index is 391. The Morgan fingerprint density at radius 2 is 1.94 bits per heavy atom. The maximum atomic E-state index is 5.72. The van der Waals surface area contributed by atoms with Gasteiger partial charge in [0.1, 0.15) is 0 Å². The first-order valence-corrected chi connectivity index (χ1v) is 6.49. The zero-order chi connectivity index (χ0) is 12.4. The van der Waals surface area contributed by atoms with Crippen molar-refractivity contribution in [1.29, 1.82) is 0 Å². The van der Waals surface area contributed by atoms with E-state index in [2.05, 4.69) is 16.0 Å². The molecular formula is C13H19N3O2. The molecule has 3 rings (SSSR count). The normalized spacial score (nSPS) is 22.6. The summed E-state index contributed by atoms with van der Waals surface area (Å²) in [5.74, 6) is -0.304. The average Bonchev–Trinajstić information content (AvgIpc) is 2.88. The van der Waals surface area contributed by atoms with Crippen LogP contribution in [-0.4, -0.2) is 37.1 Å². The van der Waals surface area contributed by atoms with E-state index < -0.39 is 0 Å². The Morgan fingerprint density at radius 1 is 1.22 bits per heavy atom. The molecule has 0 aromatic carbocycles. The Hall–Kier alpha value is -1.17. The molecule has 1 spiro atoms. The fraction of sp³-hybridized carbons (Fsp3) is 0.615. The molecule has 2 N–H and O–H groups in total. The zero-order valence-electron chi connectivity index (χ0n) is 10.5. The van der Waals surface area contributed by atoms with Crippen molar-refractivity contribution in [2.45, 2.75) is 25.2 Å². The highest BCUT2D eigenvalue weighted by molar-refractivity contribution is 5.45. The van der Waals surface area contributed by atoms with Gasteiger partial charge in [-0.1, -0.05) is 0 Å². The Labute approximate surface area is 107 Å². The minimum Gasteiger partial charge on any atom is -0.370 e. The van der Waals surface area contributed by atoms with Crippen molar-refractivity contribution >= 4 is 5.69 Å². The van der Waals surface area contributed by atoms with E-state index in [1.165, 1.54) is 0 Å². The van der Waals surface area contributed by atoms with Gasteiger partial charge >= 0.3 is 0 Å². The summed E-state index contributed by atoms with van der Waals surface area (Å²) in [6, 6.07) is 4.08. The lowest BCUT2D eigenvalue weighted by Gasteiger charge is -2.38. The summed E-state index contributed by atoms with van der Waals surface area (Å²) in [7, 11) is 0. The number of piperidine rings is 1. The van der Waals surface area contributed by atoms with Gasteiger partial charge in [0.15, 0.2) is 5.79 Å². The van der Waals surface area contributed by atoms with Gasteiger partial charge in [-0.15, -0.1) is 0 Å². The highest BCUT2D eigenvalue weighted by atomic mass is 16.7. The molecule has 0 saturated carbocycles. The van der Waals surface area contributed by atoms with Crippen molar-refractivity contribution in [2.75, 3.05) is 31.2 Å². The number of rotatable bonds is 2. The molecule has 0 amide bonds. The van der Waals surface area contributed by atoms with Crippen LogP contribution in [0.5, 0.6) is 0 Å². The molecule has 1 aromatic rings. The van der Waals surface area contributed by atoms with Crippen molar-refractivity contribution in [3.05, 3.63) is 24.0 Å². The van der Waals surface area contributed by atoms with E-state index in [-0.39, 0.29) is 5.79 Å². The number of nitrogens with zero attached hydrogens (tertiary/aromatic N) is 2. The lowest BCUT2D eigenvalue weighted by atomic mass is 10.0. The van der Waals surface area contributed by atoms with Crippen molar-refractivity contribution in [2.24, 2.45) is 5.73 Å². The molecule has 0 bridgehead atoms. The van der Waals surface area contributed by atoms with Gasteiger partial charge in [-0.05, 0) is 12.1 Å². The molecular weight excluding hydrogens is 230 g/mol. The van der Waals surface area contributed by atoms with E-state index in [9.17, 15) is 0 Å². The third-order valence-corrected chi connectivity index (χ3v) is 3.72. The number of ether oxygens (including phenoxy) is 2. The largest absolute Gasteiger partial charge is 0.370 e.